The Bertz CT molecular complexity index is 613. The van der Waals surface area contributed by atoms with Crippen molar-refractivity contribution in [3.63, 3.8) is 0 Å². The molecule has 0 saturated carbocycles. The molecule has 2 aromatic rings. The zero-order valence-electron chi connectivity index (χ0n) is 9.35. The Hall–Kier alpha value is -1.65. The monoisotopic (exact) mass is 309 g/mol. The molecule has 1 aliphatic rings. The van der Waals surface area contributed by atoms with Gasteiger partial charge in [-0.25, -0.2) is 0 Å². The van der Waals surface area contributed by atoms with Crippen molar-refractivity contribution in [3.05, 3.63) is 60.2 Å². The van der Waals surface area contributed by atoms with E-state index in [9.17, 15) is 13.2 Å². The Morgan fingerprint density at radius 2 is 1.50 bits per heavy atom. The van der Waals surface area contributed by atoms with Crippen LogP contribution in [0.15, 0.2) is 54.6 Å². The molecule has 1 heterocycles. The topological polar surface area (TPSA) is 60.8 Å². The van der Waals surface area contributed by atoms with Crippen molar-refractivity contribution in [3.8, 4) is 0 Å². The van der Waals surface area contributed by atoms with E-state index in [0.717, 1.165) is 3.92 Å². The zero-order chi connectivity index (χ0) is 12.8. The molecule has 0 saturated heterocycles. The molecule has 0 unspecified atom stereocenters. The fraction of sp³-hybridized carbons (Fsp3) is 0. The first-order valence-corrected chi connectivity index (χ1v) is 8.55. The summed E-state index contributed by atoms with van der Waals surface area (Å²) in [6.45, 7) is 0. The Kier molecular flexibility index (Phi) is 2.50. The van der Waals surface area contributed by atoms with Gasteiger partial charge >= 0.3 is 107 Å². The molecular formula is C13H11NO3Se. The molecule has 0 spiro atoms. The normalized spacial score (nSPS) is 18.6. The van der Waals surface area contributed by atoms with E-state index in [0.29, 0.717) is 15.7 Å². The predicted molar refractivity (Wildman–Crippen MR) is 69.5 cm³/mol. The van der Waals surface area contributed by atoms with Crippen molar-refractivity contribution in [2.45, 2.75) is 0 Å². The second-order valence-corrected chi connectivity index (χ2v) is 7.82. The van der Waals surface area contributed by atoms with E-state index in [2.05, 4.69) is 0 Å². The van der Waals surface area contributed by atoms with Gasteiger partial charge in [-0.1, -0.05) is 0 Å². The van der Waals surface area contributed by atoms with Crippen LogP contribution >= 0.6 is 0 Å². The molecule has 4 nitrogen and oxygen atoms in total. The summed E-state index contributed by atoms with van der Waals surface area (Å²) in [7, 11) is 0. The summed E-state index contributed by atoms with van der Waals surface area (Å²) in [5, 5.41) is 0. The molecule has 0 radical (unpaired) electrons. The fourth-order valence-corrected chi connectivity index (χ4v) is 5.50. The van der Waals surface area contributed by atoms with E-state index < -0.39 is 13.7 Å². The summed E-state index contributed by atoms with van der Waals surface area (Å²) >= 11 is -4.11. The number of hydrogen-bond donors (Lipinski definition) is 2. The Balaban J connectivity index is 2.18. The average molecular weight is 308 g/mol. The number of benzene rings is 2. The summed E-state index contributed by atoms with van der Waals surface area (Å²) in [5.74, 6) is -0.346. The number of carbonyl (C=O) groups is 1. The van der Waals surface area contributed by atoms with E-state index in [1.807, 2.05) is 6.07 Å². The Morgan fingerprint density at radius 3 is 2.17 bits per heavy atom. The van der Waals surface area contributed by atoms with Crippen molar-refractivity contribution in [2.24, 2.45) is 0 Å². The summed E-state index contributed by atoms with van der Waals surface area (Å²) in [4.78, 5) is 12.3. The number of para-hydroxylation sites is 1. The maximum absolute atomic E-state index is 12.3. The van der Waals surface area contributed by atoms with Gasteiger partial charge in [0.25, 0.3) is 0 Å². The number of amides is 1. The number of carbonyl (C=O) groups excluding carboxylic acids is 1. The zero-order valence-corrected chi connectivity index (χ0v) is 11.1. The van der Waals surface area contributed by atoms with Crippen LogP contribution in [0.25, 0.3) is 0 Å². The summed E-state index contributed by atoms with van der Waals surface area (Å²) in [6, 6.07) is 15.4. The van der Waals surface area contributed by atoms with Gasteiger partial charge in [0.1, 0.15) is 0 Å². The van der Waals surface area contributed by atoms with E-state index in [1.165, 1.54) is 0 Å². The first kappa shape index (κ1) is 11.4. The molecule has 0 fully saturated rings. The van der Waals surface area contributed by atoms with E-state index >= 15 is 0 Å². The van der Waals surface area contributed by atoms with Crippen molar-refractivity contribution in [1.82, 2.24) is 0 Å². The average Bonchev–Trinajstić information content (AvgIpc) is 2.59. The number of nitrogens with zero attached hydrogens (tertiary/aromatic N) is 1. The number of rotatable bonds is 1. The Labute approximate surface area is 107 Å². The third kappa shape index (κ3) is 1.50. The summed E-state index contributed by atoms with van der Waals surface area (Å²) < 4.78 is 22.2. The van der Waals surface area contributed by atoms with Crippen LogP contribution in [0.4, 0.5) is 5.69 Å². The van der Waals surface area contributed by atoms with Crippen LogP contribution in [0.5, 0.6) is 0 Å². The molecule has 2 aromatic carbocycles. The quantitative estimate of drug-likeness (QED) is 0.753. The number of hydrogen-bond acceptors (Lipinski definition) is 3. The molecular weight excluding hydrogens is 297 g/mol. The predicted octanol–water partition coefficient (Wildman–Crippen LogP) is 0.478. The molecule has 3 rings (SSSR count). The minimum absolute atomic E-state index is 0.346. The molecule has 18 heavy (non-hydrogen) atoms. The number of fused-ring (bicyclic) bond motifs is 1. The van der Waals surface area contributed by atoms with Crippen LogP contribution in [0.3, 0.4) is 0 Å². The SMILES string of the molecule is O=C1c2ccccc2[Se](O)(O)N1c1ccccc1. The van der Waals surface area contributed by atoms with Crippen LogP contribution in [0, 0.1) is 0 Å². The van der Waals surface area contributed by atoms with Gasteiger partial charge in [-0.05, 0) is 0 Å². The van der Waals surface area contributed by atoms with E-state index in [-0.39, 0.29) is 5.91 Å². The summed E-state index contributed by atoms with van der Waals surface area (Å²) in [5.41, 5.74) is 0.898. The molecule has 92 valence electrons. The van der Waals surface area contributed by atoms with E-state index in [4.69, 9.17) is 0 Å². The van der Waals surface area contributed by atoms with Crippen LogP contribution < -0.4 is 8.38 Å². The van der Waals surface area contributed by atoms with Gasteiger partial charge in [-0.3, -0.25) is 0 Å². The third-order valence-electron chi connectivity index (χ3n) is 2.84. The van der Waals surface area contributed by atoms with Gasteiger partial charge in [0.2, 0.25) is 0 Å². The van der Waals surface area contributed by atoms with E-state index in [1.54, 1.807) is 48.5 Å². The van der Waals surface area contributed by atoms with Gasteiger partial charge in [-0.15, -0.1) is 0 Å². The van der Waals surface area contributed by atoms with Gasteiger partial charge in [0, 0.05) is 0 Å². The van der Waals surface area contributed by atoms with Crippen molar-refractivity contribution in [2.75, 3.05) is 3.92 Å². The van der Waals surface area contributed by atoms with Crippen LogP contribution in [-0.2, 0) is 0 Å². The molecule has 0 aliphatic carbocycles. The first-order valence-electron chi connectivity index (χ1n) is 5.39. The van der Waals surface area contributed by atoms with Crippen molar-refractivity contribution >= 4 is 29.8 Å². The van der Waals surface area contributed by atoms with Crippen LogP contribution in [-0.4, -0.2) is 28.0 Å². The van der Waals surface area contributed by atoms with Gasteiger partial charge in [0.15, 0.2) is 0 Å². The second-order valence-electron chi connectivity index (χ2n) is 3.95. The van der Waals surface area contributed by atoms with Crippen molar-refractivity contribution < 1.29 is 13.2 Å². The van der Waals surface area contributed by atoms with Crippen LogP contribution in [0.1, 0.15) is 10.4 Å². The van der Waals surface area contributed by atoms with Gasteiger partial charge < -0.3 is 0 Å². The minimum atomic E-state index is -4.11. The molecule has 5 heteroatoms. The van der Waals surface area contributed by atoms with Crippen molar-refractivity contribution in [1.29, 1.82) is 0 Å². The molecule has 0 bridgehead atoms. The third-order valence-corrected chi connectivity index (χ3v) is 6.69. The van der Waals surface area contributed by atoms with Gasteiger partial charge in [-0.2, -0.15) is 0 Å². The molecule has 1 aliphatic heterocycles. The molecule has 1 amide bonds. The Morgan fingerprint density at radius 1 is 0.889 bits per heavy atom. The molecule has 0 atom stereocenters. The molecule has 2 N–H and O–H groups in total. The summed E-state index contributed by atoms with van der Waals surface area (Å²) in [6.07, 6.45) is 0. The fourth-order valence-electron chi connectivity index (χ4n) is 2.03. The van der Waals surface area contributed by atoms with Gasteiger partial charge in [0.05, 0.1) is 0 Å². The first-order chi connectivity index (χ1) is 8.62. The maximum atomic E-state index is 12.3. The molecule has 0 aromatic heterocycles. The number of anilines is 1. The second kappa shape index (κ2) is 3.93. The standard InChI is InChI=1S/C13H11NO3Se/c15-13-11-8-4-5-9-12(11)18(16,17)14(13)10-6-2-1-3-7-10/h1-9,16-17H. The van der Waals surface area contributed by atoms with Crippen LogP contribution in [0.2, 0.25) is 0 Å².